The smallest absolute Gasteiger partial charge is 0.0728 e. The van der Waals surface area contributed by atoms with Gasteiger partial charge in [-0.25, -0.2) is 0 Å². The Morgan fingerprint density at radius 1 is 0.864 bits per heavy atom. The summed E-state index contributed by atoms with van der Waals surface area (Å²) in [5.74, 6) is 0.985. The maximum atomic E-state index is 2.55. The van der Waals surface area contributed by atoms with Gasteiger partial charge in [-0.1, -0.05) is 54.7 Å². The summed E-state index contributed by atoms with van der Waals surface area (Å²) in [7, 11) is -1.06. The van der Waals surface area contributed by atoms with Crippen molar-refractivity contribution >= 4 is 8.07 Å². The average molecular weight is 356 g/mol. The number of fused-ring (bicyclic) bond motifs is 2. The molecule has 0 N–H and O–H groups in total. The predicted molar refractivity (Wildman–Crippen MR) is 95.8 cm³/mol. The van der Waals surface area contributed by atoms with Crippen LogP contribution in [0.3, 0.4) is 0 Å². The predicted octanol–water partition coefficient (Wildman–Crippen LogP) is 6.16. The first-order valence-corrected chi connectivity index (χ1v) is 12.2. The molecule has 122 valence electrons. The van der Waals surface area contributed by atoms with Gasteiger partial charge in [0.2, 0.25) is 0 Å². The van der Waals surface area contributed by atoms with Crippen LogP contribution in [0.4, 0.5) is 0 Å². The first kappa shape index (κ1) is 18.0. The molecule has 1 atom stereocenters. The first-order chi connectivity index (χ1) is 10.1. The van der Waals surface area contributed by atoms with E-state index in [1.807, 2.05) is 52.6 Å². The molecule has 0 aromatic carbocycles. The van der Waals surface area contributed by atoms with E-state index in [1.54, 1.807) is 0 Å². The molecular formula is C20H29CoSi. The van der Waals surface area contributed by atoms with E-state index in [-0.39, 0.29) is 16.8 Å². The van der Waals surface area contributed by atoms with Crippen molar-refractivity contribution in [2.75, 3.05) is 0 Å². The summed E-state index contributed by atoms with van der Waals surface area (Å²) in [6.45, 7) is 7.64. The summed E-state index contributed by atoms with van der Waals surface area (Å²) >= 11 is 0. The van der Waals surface area contributed by atoms with Crippen LogP contribution in [0.2, 0.25) is 19.6 Å². The topological polar surface area (TPSA) is 0 Å². The van der Waals surface area contributed by atoms with E-state index in [4.69, 9.17) is 0 Å². The van der Waals surface area contributed by atoms with E-state index in [1.165, 1.54) is 44.9 Å². The van der Waals surface area contributed by atoms with E-state index >= 15 is 0 Å². The first-order valence-electron chi connectivity index (χ1n) is 8.69. The molecule has 0 aromatic rings. The molecule has 0 unspecified atom stereocenters. The third-order valence-electron chi connectivity index (χ3n) is 5.39. The van der Waals surface area contributed by atoms with Gasteiger partial charge in [0.1, 0.15) is 0 Å². The summed E-state index contributed by atoms with van der Waals surface area (Å²) in [6, 6.07) is 0. The van der Waals surface area contributed by atoms with Crippen LogP contribution in [0.25, 0.3) is 0 Å². The fraction of sp³-hybridized carbons (Fsp3) is 0.550. The SMILES string of the molecule is C[Si](C)(C)C1=C2CCCCC2=C2CC[C@H]2C1.[CH]1C=CC=C1.[Co]. The zero-order valence-electron chi connectivity index (χ0n) is 14.2. The second kappa shape index (κ2) is 7.50. The molecule has 22 heavy (non-hydrogen) atoms. The van der Waals surface area contributed by atoms with Crippen molar-refractivity contribution < 1.29 is 16.8 Å². The van der Waals surface area contributed by atoms with Crippen LogP contribution in [-0.2, 0) is 16.8 Å². The number of hydrogen-bond acceptors (Lipinski definition) is 0. The Labute approximate surface area is 148 Å². The van der Waals surface area contributed by atoms with Gasteiger partial charge in [0.25, 0.3) is 0 Å². The number of rotatable bonds is 1. The van der Waals surface area contributed by atoms with E-state index in [2.05, 4.69) is 19.6 Å². The normalized spacial score (nSPS) is 25.7. The summed E-state index contributed by atoms with van der Waals surface area (Å²) in [4.78, 5) is 0. The molecule has 0 bridgehead atoms. The summed E-state index contributed by atoms with van der Waals surface area (Å²) in [5.41, 5.74) is 5.60. The molecule has 0 saturated heterocycles. The Kier molecular flexibility index (Phi) is 6.15. The standard InChI is InChI=1S/C15H24Si.C5H5.Co/c1-16(2,3)15-10-11-8-9-12(11)13-6-4-5-7-14(13)15;1-2-4-5-3-1;/h11H,4-10H2,1-3H3;1-5H;/t11-;;/m0../s1. The van der Waals surface area contributed by atoms with Gasteiger partial charge in [-0.3, -0.25) is 0 Å². The van der Waals surface area contributed by atoms with Gasteiger partial charge in [-0.2, -0.15) is 0 Å². The molecule has 0 amide bonds. The van der Waals surface area contributed by atoms with Crippen molar-refractivity contribution in [1.82, 2.24) is 0 Å². The second-order valence-electron chi connectivity index (χ2n) is 7.82. The molecule has 2 saturated carbocycles. The third kappa shape index (κ3) is 3.77. The summed E-state index contributed by atoms with van der Waals surface area (Å²) in [6.07, 6.45) is 20.1. The number of allylic oxidation sites excluding steroid dienone is 8. The molecule has 2 fully saturated rings. The third-order valence-corrected chi connectivity index (χ3v) is 7.70. The van der Waals surface area contributed by atoms with Gasteiger partial charge in [0, 0.05) is 23.2 Å². The molecule has 2 heteroatoms. The Hall–Kier alpha value is -0.317. The molecule has 0 spiro atoms. The molecule has 0 nitrogen and oxygen atoms in total. The van der Waals surface area contributed by atoms with Gasteiger partial charge in [0.15, 0.2) is 0 Å². The van der Waals surface area contributed by atoms with Crippen LogP contribution in [-0.4, -0.2) is 8.07 Å². The molecule has 2 radical (unpaired) electrons. The fourth-order valence-corrected chi connectivity index (χ4v) is 6.20. The zero-order valence-corrected chi connectivity index (χ0v) is 16.3. The molecule has 0 heterocycles. The minimum Gasteiger partial charge on any atom is -0.0771 e. The Balaban J connectivity index is 0.000000253. The average Bonchev–Trinajstić information content (AvgIpc) is 2.96. The monoisotopic (exact) mass is 356 g/mol. The fourth-order valence-electron chi connectivity index (χ4n) is 4.16. The van der Waals surface area contributed by atoms with Gasteiger partial charge in [0.05, 0.1) is 8.07 Å². The largest absolute Gasteiger partial charge is 0.0771 e. The van der Waals surface area contributed by atoms with E-state index in [9.17, 15) is 0 Å². The molecule has 4 aliphatic rings. The molecule has 0 aromatic heterocycles. The van der Waals surface area contributed by atoms with Crippen LogP contribution < -0.4 is 0 Å². The molecule has 4 rings (SSSR count). The minimum atomic E-state index is -1.06. The van der Waals surface area contributed by atoms with Crippen LogP contribution in [0, 0.1) is 12.3 Å². The quantitative estimate of drug-likeness (QED) is 0.494. The van der Waals surface area contributed by atoms with Crippen molar-refractivity contribution in [2.45, 2.75) is 64.6 Å². The van der Waals surface area contributed by atoms with Crippen LogP contribution in [0.1, 0.15) is 44.9 Å². The maximum Gasteiger partial charge on any atom is 0.0728 e. The zero-order chi connectivity index (χ0) is 14.9. The summed E-state index contributed by atoms with van der Waals surface area (Å²) in [5, 5.41) is 1.94. The van der Waals surface area contributed by atoms with E-state index in [0.29, 0.717) is 0 Å². The van der Waals surface area contributed by atoms with Crippen molar-refractivity contribution in [3.8, 4) is 0 Å². The van der Waals surface area contributed by atoms with Gasteiger partial charge in [-0.15, -0.1) is 0 Å². The molecule has 4 aliphatic carbocycles. The Morgan fingerprint density at radius 3 is 1.95 bits per heavy atom. The van der Waals surface area contributed by atoms with Crippen molar-refractivity contribution in [3.05, 3.63) is 52.6 Å². The minimum absolute atomic E-state index is 0. The van der Waals surface area contributed by atoms with Crippen LogP contribution in [0.5, 0.6) is 0 Å². The van der Waals surface area contributed by atoms with Crippen LogP contribution in [0.15, 0.2) is 46.2 Å². The molecular weight excluding hydrogens is 327 g/mol. The van der Waals surface area contributed by atoms with Gasteiger partial charge in [-0.05, 0) is 62.0 Å². The van der Waals surface area contributed by atoms with Crippen molar-refractivity contribution in [2.24, 2.45) is 5.92 Å². The van der Waals surface area contributed by atoms with E-state index < -0.39 is 8.07 Å². The summed E-state index contributed by atoms with van der Waals surface area (Å²) < 4.78 is 0. The maximum absolute atomic E-state index is 2.55. The van der Waals surface area contributed by atoms with Crippen LogP contribution >= 0.6 is 0 Å². The van der Waals surface area contributed by atoms with Crippen molar-refractivity contribution in [1.29, 1.82) is 0 Å². The molecule has 0 aliphatic heterocycles. The Morgan fingerprint density at radius 2 is 1.50 bits per heavy atom. The van der Waals surface area contributed by atoms with Gasteiger partial charge < -0.3 is 0 Å². The van der Waals surface area contributed by atoms with Gasteiger partial charge >= 0.3 is 0 Å². The number of hydrogen-bond donors (Lipinski definition) is 0. The second-order valence-corrected chi connectivity index (χ2v) is 12.9. The Bertz CT molecular complexity index is 518. The van der Waals surface area contributed by atoms with Crippen molar-refractivity contribution in [3.63, 3.8) is 0 Å². The van der Waals surface area contributed by atoms with E-state index in [0.717, 1.165) is 5.92 Å².